The fraction of sp³-hybridized carbons (Fsp3) is 0.222. The van der Waals surface area contributed by atoms with Crippen LogP contribution < -0.4 is 0 Å². The maximum Gasteiger partial charge on any atom is 0.307 e. The molecule has 0 aliphatic rings. The number of hydrogen-bond donors (Lipinski definition) is 3. The third kappa shape index (κ3) is 2.11. The summed E-state index contributed by atoms with van der Waals surface area (Å²) in [5.41, 5.74) is 0.941. The molecule has 13 heavy (non-hydrogen) atoms. The molecule has 0 saturated heterocycles. The van der Waals surface area contributed by atoms with Crippen LogP contribution in [-0.4, -0.2) is 21.3 Å². The third-order valence-corrected chi connectivity index (χ3v) is 1.70. The molecule has 0 spiro atoms. The predicted octanol–water partition coefficient (Wildman–Crippen LogP) is 1.03. The molecule has 70 valence electrons. The predicted molar refractivity (Wildman–Crippen MR) is 45.8 cm³/mol. The van der Waals surface area contributed by atoms with Gasteiger partial charge in [0.2, 0.25) is 0 Å². The van der Waals surface area contributed by atoms with E-state index in [9.17, 15) is 4.79 Å². The zero-order valence-electron chi connectivity index (χ0n) is 7.11. The van der Waals surface area contributed by atoms with Crippen LogP contribution in [0.25, 0.3) is 0 Å². The highest BCUT2D eigenvalue weighted by atomic mass is 16.4. The second kappa shape index (κ2) is 3.35. The lowest BCUT2D eigenvalue weighted by molar-refractivity contribution is -0.136. The molecule has 0 heterocycles. The Labute approximate surface area is 75.1 Å². The highest BCUT2D eigenvalue weighted by Gasteiger charge is 2.07. The van der Waals surface area contributed by atoms with Gasteiger partial charge in [-0.15, -0.1) is 0 Å². The smallest absolute Gasteiger partial charge is 0.307 e. The minimum atomic E-state index is -0.968. The summed E-state index contributed by atoms with van der Waals surface area (Å²) >= 11 is 0. The van der Waals surface area contributed by atoms with Gasteiger partial charge in [0.15, 0.2) is 11.5 Å². The summed E-state index contributed by atoms with van der Waals surface area (Å²) in [6.07, 6.45) is -0.158. The molecule has 0 aromatic heterocycles. The summed E-state index contributed by atoms with van der Waals surface area (Å²) in [4.78, 5) is 10.3. The summed E-state index contributed by atoms with van der Waals surface area (Å²) in [6, 6.07) is 2.78. The molecule has 4 nitrogen and oxygen atoms in total. The maximum absolute atomic E-state index is 10.3. The molecule has 0 unspecified atom stereocenters. The largest absolute Gasteiger partial charge is 0.504 e. The van der Waals surface area contributed by atoms with Crippen LogP contribution in [0.1, 0.15) is 11.1 Å². The van der Waals surface area contributed by atoms with Crippen LogP contribution >= 0.6 is 0 Å². The maximum atomic E-state index is 10.3. The fourth-order valence-electron chi connectivity index (χ4n) is 1.11. The highest BCUT2D eigenvalue weighted by molar-refractivity contribution is 5.70. The molecule has 0 bridgehead atoms. The first kappa shape index (κ1) is 9.38. The second-order valence-electron chi connectivity index (χ2n) is 2.85. The summed E-state index contributed by atoms with van der Waals surface area (Å²) in [5.74, 6) is -1.45. The Balaban J connectivity index is 3.06. The van der Waals surface area contributed by atoms with Crippen molar-refractivity contribution < 1.29 is 20.1 Å². The molecule has 1 rings (SSSR count). The standard InChI is InChI=1S/C9H10O4/c1-5-2-6(4-8(11)12)3-7(10)9(5)13/h2-3,10,13H,4H2,1H3,(H,11,12). The van der Waals surface area contributed by atoms with Gasteiger partial charge in [-0.3, -0.25) is 4.79 Å². The second-order valence-corrected chi connectivity index (χ2v) is 2.85. The number of carboxylic acid groups (broad SMARTS) is 1. The Morgan fingerprint density at radius 3 is 2.46 bits per heavy atom. The van der Waals surface area contributed by atoms with Gasteiger partial charge in [-0.05, 0) is 24.1 Å². The van der Waals surface area contributed by atoms with Gasteiger partial charge in [0.25, 0.3) is 0 Å². The van der Waals surface area contributed by atoms with Crippen molar-refractivity contribution in [2.75, 3.05) is 0 Å². The van der Waals surface area contributed by atoms with E-state index in [4.69, 9.17) is 15.3 Å². The van der Waals surface area contributed by atoms with E-state index in [1.165, 1.54) is 12.1 Å². The molecule has 1 aromatic rings. The van der Waals surface area contributed by atoms with E-state index in [1.54, 1.807) is 6.92 Å². The lowest BCUT2D eigenvalue weighted by Crippen LogP contribution is -2.00. The number of aliphatic carboxylic acids is 1. The lowest BCUT2D eigenvalue weighted by Gasteiger charge is -2.04. The number of phenols is 2. The molecule has 0 aliphatic heterocycles. The summed E-state index contributed by atoms with van der Waals surface area (Å²) in [7, 11) is 0. The number of aryl methyl sites for hydroxylation is 1. The van der Waals surface area contributed by atoms with Crippen molar-refractivity contribution in [3.63, 3.8) is 0 Å². The van der Waals surface area contributed by atoms with E-state index in [1.807, 2.05) is 0 Å². The zero-order chi connectivity index (χ0) is 10.0. The lowest BCUT2D eigenvalue weighted by atomic mass is 10.1. The van der Waals surface area contributed by atoms with E-state index in [0.717, 1.165) is 0 Å². The van der Waals surface area contributed by atoms with E-state index in [-0.39, 0.29) is 17.9 Å². The SMILES string of the molecule is Cc1cc(CC(=O)O)cc(O)c1O. The van der Waals surface area contributed by atoms with Gasteiger partial charge in [0.05, 0.1) is 6.42 Å². The number of phenolic OH excluding ortho intramolecular Hbond substituents is 2. The van der Waals surface area contributed by atoms with E-state index in [0.29, 0.717) is 11.1 Å². The number of benzene rings is 1. The van der Waals surface area contributed by atoms with Crippen molar-refractivity contribution in [1.82, 2.24) is 0 Å². The molecule has 0 fully saturated rings. The fourth-order valence-corrected chi connectivity index (χ4v) is 1.11. The van der Waals surface area contributed by atoms with E-state index >= 15 is 0 Å². The van der Waals surface area contributed by atoms with Gasteiger partial charge in [-0.2, -0.15) is 0 Å². The summed E-state index contributed by atoms with van der Waals surface area (Å²) in [5, 5.41) is 26.8. The number of rotatable bonds is 2. The topological polar surface area (TPSA) is 77.8 Å². The van der Waals surface area contributed by atoms with E-state index < -0.39 is 5.97 Å². The third-order valence-electron chi connectivity index (χ3n) is 1.70. The minimum Gasteiger partial charge on any atom is -0.504 e. The molecular weight excluding hydrogens is 172 g/mol. The molecule has 0 amide bonds. The molecule has 0 saturated carbocycles. The number of carboxylic acids is 1. The normalized spacial score (nSPS) is 9.92. The Morgan fingerprint density at radius 1 is 1.38 bits per heavy atom. The molecular formula is C9H10O4. The number of carbonyl (C=O) groups is 1. The van der Waals surface area contributed by atoms with Crippen LogP contribution in [0.4, 0.5) is 0 Å². The first-order valence-electron chi connectivity index (χ1n) is 3.74. The van der Waals surface area contributed by atoms with Crippen LogP contribution in [0, 0.1) is 6.92 Å². The van der Waals surface area contributed by atoms with Crippen LogP contribution in [-0.2, 0) is 11.2 Å². The Morgan fingerprint density at radius 2 is 2.00 bits per heavy atom. The zero-order valence-corrected chi connectivity index (χ0v) is 7.11. The summed E-state index contributed by atoms with van der Waals surface area (Å²) in [6.45, 7) is 1.60. The monoisotopic (exact) mass is 182 g/mol. The van der Waals surface area contributed by atoms with E-state index in [2.05, 4.69) is 0 Å². The molecule has 0 atom stereocenters. The van der Waals surface area contributed by atoms with Gasteiger partial charge >= 0.3 is 5.97 Å². The van der Waals surface area contributed by atoms with Gasteiger partial charge in [0.1, 0.15) is 0 Å². The van der Waals surface area contributed by atoms with Crippen LogP contribution in [0.5, 0.6) is 11.5 Å². The van der Waals surface area contributed by atoms with Gasteiger partial charge < -0.3 is 15.3 Å². The Hall–Kier alpha value is -1.71. The minimum absolute atomic E-state index is 0.158. The number of hydrogen-bond acceptors (Lipinski definition) is 3. The molecule has 4 heteroatoms. The van der Waals surface area contributed by atoms with Crippen molar-refractivity contribution in [3.05, 3.63) is 23.3 Å². The van der Waals surface area contributed by atoms with Gasteiger partial charge in [-0.1, -0.05) is 6.07 Å². The molecule has 0 aliphatic carbocycles. The van der Waals surface area contributed by atoms with Crippen LogP contribution in [0.2, 0.25) is 0 Å². The Bertz CT molecular complexity index is 320. The van der Waals surface area contributed by atoms with Crippen LogP contribution in [0.3, 0.4) is 0 Å². The van der Waals surface area contributed by atoms with Crippen molar-refractivity contribution in [3.8, 4) is 11.5 Å². The average molecular weight is 182 g/mol. The van der Waals surface area contributed by atoms with Crippen LogP contribution in [0.15, 0.2) is 12.1 Å². The van der Waals surface area contributed by atoms with Crippen molar-refractivity contribution >= 4 is 5.97 Å². The van der Waals surface area contributed by atoms with Crippen molar-refractivity contribution in [2.24, 2.45) is 0 Å². The van der Waals surface area contributed by atoms with Crippen molar-refractivity contribution in [2.45, 2.75) is 13.3 Å². The quantitative estimate of drug-likeness (QED) is 0.597. The molecule has 3 N–H and O–H groups in total. The van der Waals surface area contributed by atoms with Gasteiger partial charge in [-0.25, -0.2) is 0 Å². The van der Waals surface area contributed by atoms with Gasteiger partial charge in [0, 0.05) is 0 Å². The number of aromatic hydroxyl groups is 2. The summed E-state index contributed by atoms with van der Waals surface area (Å²) < 4.78 is 0. The van der Waals surface area contributed by atoms with Crippen molar-refractivity contribution in [1.29, 1.82) is 0 Å². The molecule has 1 aromatic carbocycles. The first-order valence-corrected chi connectivity index (χ1v) is 3.74. The molecule has 0 radical (unpaired) electrons. The highest BCUT2D eigenvalue weighted by Crippen LogP contribution is 2.29. The average Bonchev–Trinajstić information content (AvgIpc) is 1.98. The Kier molecular flexibility index (Phi) is 2.41. The first-order chi connectivity index (χ1) is 6.00.